The molecule has 0 unspecified atom stereocenters. The normalized spacial score (nSPS) is 10.4. The zero-order valence-electron chi connectivity index (χ0n) is 9.20. The van der Waals surface area contributed by atoms with Gasteiger partial charge in [0.15, 0.2) is 6.29 Å². The zero-order chi connectivity index (χ0) is 11.7. The molecule has 2 rings (SSSR count). The first-order chi connectivity index (χ1) is 7.65. The van der Waals surface area contributed by atoms with Crippen LogP contribution in [0.1, 0.15) is 16.2 Å². The highest BCUT2D eigenvalue weighted by atomic mass is 35.5. The van der Waals surface area contributed by atoms with Crippen molar-refractivity contribution in [1.82, 2.24) is 4.57 Å². The summed E-state index contributed by atoms with van der Waals surface area (Å²) in [5.74, 6) is 0. The molecular formula is C13H12ClNO. The first-order valence-corrected chi connectivity index (χ1v) is 5.39. The first-order valence-electron chi connectivity index (χ1n) is 5.01. The topological polar surface area (TPSA) is 22.0 Å². The van der Waals surface area contributed by atoms with Crippen LogP contribution in [0.2, 0.25) is 5.02 Å². The van der Waals surface area contributed by atoms with Gasteiger partial charge in [0.1, 0.15) is 0 Å². The van der Waals surface area contributed by atoms with Crippen molar-refractivity contribution in [1.29, 1.82) is 0 Å². The molecule has 0 amide bonds. The van der Waals surface area contributed by atoms with E-state index in [1.54, 1.807) is 0 Å². The van der Waals surface area contributed by atoms with Crippen molar-refractivity contribution in [3.05, 3.63) is 46.7 Å². The summed E-state index contributed by atoms with van der Waals surface area (Å²) >= 11 is 6.12. The molecule has 0 N–H and O–H groups in total. The highest BCUT2D eigenvalue weighted by molar-refractivity contribution is 6.33. The fourth-order valence-electron chi connectivity index (χ4n) is 1.79. The molecule has 0 fully saturated rings. The molecule has 0 bridgehead atoms. The second-order valence-electron chi connectivity index (χ2n) is 3.74. The van der Waals surface area contributed by atoms with Crippen LogP contribution in [0.25, 0.3) is 11.1 Å². The Labute approximate surface area is 99.5 Å². The molecule has 0 saturated carbocycles. The zero-order valence-corrected chi connectivity index (χ0v) is 9.95. The van der Waals surface area contributed by atoms with Gasteiger partial charge >= 0.3 is 0 Å². The molecule has 1 aromatic heterocycles. The van der Waals surface area contributed by atoms with Crippen LogP contribution in [0.15, 0.2) is 30.3 Å². The molecule has 1 aromatic carbocycles. The van der Waals surface area contributed by atoms with Crippen molar-refractivity contribution in [3.8, 4) is 11.1 Å². The quantitative estimate of drug-likeness (QED) is 0.728. The fraction of sp³-hybridized carbons (Fsp3) is 0.154. The summed E-state index contributed by atoms with van der Waals surface area (Å²) in [4.78, 5) is 11.1. The number of carbonyl (C=O) groups is 1. The van der Waals surface area contributed by atoms with Crippen molar-refractivity contribution < 1.29 is 4.79 Å². The number of aryl methyl sites for hydroxylation is 1. The lowest BCUT2D eigenvalue weighted by molar-refractivity contribution is 0.111. The summed E-state index contributed by atoms with van der Waals surface area (Å²) in [6.07, 6.45) is 0.867. The van der Waals surface area contributed by atoms with Crippen LogP contribution in [0.3, 0.4) is 0 Å². The Morgan fingerprint density at radius 3 is 2.56 bits per heavy atom. The minimum Gasteiger partial charge on any atom is -0.345 e. The van der Waals surface area contributed by atoms with Gasteiger partial charge in [0.05, 0.1) is 5.69 Å². The standard InChI is InChI=1S/C13H12ClNO/c1-9-7-11(13(8-16)15(9)2)10-5-3-4-6-12(10)14/h3-8H,1-2H3. The van der Waals surface area contributed by atoms with Crippen molar-refractivity contribution in [3.63, 3.8) is 0 Å². The van der Waals surface area contributed by atoms with Crippen molar-refractivity contribution >= 4 is 17.9 Å². The number of halogens is 1. The summed E-state index contributed by atoms with van der Waals surface area (Å²) in [5.41, 5.74) is 3.48. The molecule has 2 aromatic rings. The average Bonchev–Trinajstić information content (AvgIpc) is 2.56. The minimum absolute atomic E-state index is 0.658. The lowest BCUT2D eigenvalue weighted by atomic mass is 10.1. The molecule has 0 saturated heterocycles. The Kier molecular flexibility index (Phi) is 2.84. The van der Waals surface area contributed by atoms with Gasteiger partial charge in [-0.2, -0.15) is 0 Å². The fourth-order valence-corrected chi connectivity index (χ4v) is 2.03. The van der Waals surface area contributed by atoms with Gasteiger partial charge < -0.3 is 4.57 Å². The Bertz CT molecular complexity index is 543. The van der Waals surface area contributed by atoms with Crippen LogP contribution in [0, 0.1) is 6.92 Å². The maximum Gasteiger partial charge on any atom is 0.167 e. The summed E-state index contributed by atoms with van der Waals surface area (Å²) in [6.45, 7) is 1.97. The van der Waals surface area contributed by atoms with Gasteiger partial charge in [-0.3, -0.25) is 4.79 Å². The van der Waals surface area contributed by atoms with E-state index in [2.05, 4.69) is 0 Å². The highest BCUT2D eigenvalue weighted by Crippen LogP contribution is 2.31. The molecular weight excluding hydrogens is 222 g/mol. The Morgan fingerprint density at radius 1 is 1.25 bits per heavy atom. The monoisotopic (exact) mass is 233 g/mol. The smallest absolute Gasteiger partial charge is 0.167 e. The van der Waals surface area contributed by atoms with E-state index < -0.39 is 0 Å². The third kappa shape index (κ3) is 1.65. The number of aromatic nitrogens is 1. The van der Waals surface area contributed by atoms with Gasteiger partial charge in [-0.05, 0) is 19.1 Å². The van der Waals surface area contributed by atoms with Crippen LogP contribution < -0.4 is 0 Å². The molecule has 1 heterocycles. The van der Waals surface area contributed by atoms with E-state index in [0.717, 1.165) is 23.1 Å². The number of aldehydes is 1. The van der Waals surface area contributed by atoms with E-state index in [1.807, 2.05) is 48.9 Å². The molecule has 0 spiro atoms. The molecule has 0 aliphatic heterocycles. The van der Waals surface area contributed by atoms with Gasteiger partial charge in [-0.1, -0.05) is 29.8 Å². The molecule has 82 valence electrons. The number of nitrogens with zero attached hydrogens (tertiary/aromatic N) is 1. The predicted molar refractivity (Wildman–Crippen MR) is 66.0 cm³/mol. The summed E-state index contributed by atoms with van der Waals surface area (Å²) in [6, 6.07) is 9.52. The van der Waals surface area contributed by atoms with Crippen molar-refractivity contribution in [2.24, 2.45) is 7.05 Å². The maximum atomic E-state index is 11.1. The predicted octanol–water partition coefficient (Wildman–Crippen LogP) is 3.47. The van der Waals surface area contributed by atoms with Gasteiger partial charge in [-0.15, -0.1) is 0 Å². The first kappa shape index (κ1) is 11.0. The third-order valence-corrected chi connectivity index (χ3v) is 3.12. The van der Waals surface area contributed by atoms with Crippen LogP contribution in [0.4, 0.5) is 0 Å². The summed E-state index contributed by atoms with van der Waals surface area (Å²) in [7, 11) is 1.87. The number of carbonyl (C=O) groups excluding carboxylic acids is 1. The second kappa shape index (κ2) is 4.14. The van der Waals surface area contributed by atoms with Crippen LogP contribution >= 0.6 is 11.6 Å². The number of hydrogen-bond donors (Lipinski definition) is 0. The molecule has 0 aliphatic carbocycles. The lowest BCUT2D eigenvalue weighted by Gasteiger charge is -2.03. The van der Waals surface area contributed by atoms with E-state index in [4.69, 9.17) is 11.6 Å². The molecule has 0 radical (unpaired) electrons. The Morgan fingerprint density at radius 2 is 1.94 bits per heavy atom. The summed E-state index contributed by atoms with van der Waals surface area (Å²) in [5, 5.41) is 0.663. The number of benzene rings is 1. The highest BCUT2D eigenvalue weighted by Gasteiger charge is 2.13. The number of hydrogen-bond acceptors (Lipinski definition) is 1. The lowest BCUT2D eigenvalue weighted by Crippen LogP contribution is -1.97. The van der Waals surface area contributed by atoms with Gasteiger partial charge in [0.25, 0.3) is 0 Å². The van der Waals surface area contributed by atoms with Gasteiger partial charge in [0.2, 0.25) is 0 Å². The van der Waals surface area contributed by atoms with E-state index in [0.29, 0.717) is 10.7 Å². The van der Waals surface area contributed by atoms with E-state index >= 15 is 0 Å². The third-order valence-electron chi connectivity index (χ3n) is 2.80. The molecule has 0 aliphatic rings. The van der Waals surface area contributed by atoms with Crippen LogP contribution in [0.5, 0.6) is 0 Å². The van der Waals surface area contributed by atoms with Crippen molar-refractivity contribution in [2.75, 3.05) is 0 Å². The Hall–Kier alpha value is -1.54. The molecule has 3 heteroatoms. The minimum atomic E-state index is 0.658. The Balaban J connectivity index is 2.69. The molecule has 2 nitrogen and oxygen atoms in total. The van der Waals surface area contributed by atoms with Crippen LogP contribution in [-0.2, 0) is 7.05 Å². The van der Waals surface area contributed by atoms with E-state index in [1.165, 1.54) is 0 Å². The SMILES string of the molecule is Cc1cc(-c2ccccc2Cl)c(C=O)n1C. The van der Waals surface area contributed by atoms with Gasteiger partial charge in [0, 0.05) is 28.9 Å². The number of rotatable bonds is 2. The van der Waals surface area contributed by atoms with E-state index in [9.17, 15) is 4.79 Å². The molecule has 16 heavy (non-hydrogen) atoms. The molecule has 0 atom stereocenters. The average molecular weight is 234 g/mol. The van der Waals surface area contributed by atoms with E-state index in [-0.39, 0.29) is 0 Å². The largest absolute Gasteiger partial charge is 0.345 e. The second-order valence-corrected chi connectivity index (χ2v) is 4.15. The maximum absolute atomic E-state index is 11.1. The van der Waals surface area contributed by atoms with Gasteiger partial charge in [-0.25, -0.2) is 0 Å². The van der Waals surface area contributed by atoms with Crippen LogP contribution in [-0.4, -0.2) is 10.9 Å². The summed E-state index contributed by atoms with van der Waals surface area (Å²) < 4.78 is 1.87. The van der Waals surface area contributed by atoms with Crippen molar-refractivity contribution in [2.45, 2.75) is 6.92 Å².